The molecule has 0 fully saturated rings. The molecule has 15 heavy (non-hydrogen) atoms. The lowest BCUT2D eigenvalue weighted by molar-refractivity contribution is 0.543. The van der Waals surface area contributed by atoms with Crippen molar-refractivity contribution in [3.63, 3.8) is 0 Å². The van der Waals surface area contributed by atoms with Crippen molar-refractivity contribution in [1.82, 2.24) is 9.97 Å². The first-order chi connectivity index (χ1) is 7.08. The van der Waals surface area contributed by atoms with E-state index < -0.39 is 0 Å². The van der Waals surface area contributed by atoms with Crippen molar-refractivity contribution in [1.29, 1.82) is 0 Å². The zero-order valence-electron chi connectivity index (χ0n) is 8.41. The van der Waals surface area contributed by atoms with Crippen LogP contribution in [-0.4, -0.2) is 9.97 Å². The van der Waals surface area contributed by atoms with Gasteiger partial charge in [-0.15, -0.1) is 0 Å². The fraction of sp³-hybridized carbons (Fsp3) is 0.200. The van der Waals surface area contributed by atoms with Crippen molar-refractivity contribution in [2.24, 2.45) is 0 Å². The number of nitrogens with zero attached hydrogens (tertiary/aromatic N) is 2. The Bertz CT molecular complexity index is 488. The molecule has 0 bridgehead atoms. The van der Waals surface area contributed by atoms with Crippen LogP contribution >= 0.6 is 15.9 Å². The van der Waals surface area contributed by atoms with Gasteiger partial charge in [0, 0.05) is 0 Å². The van der Waals surface area contributed by atoms with E-state index in [9.17, 15) is 0 Å². The molecule has 78 valence electrons. The van der Waals surface area contributed by atoms with Crippen molar-refractivity contribution in [3.05, 3.63) is 28.2 Å². The fourth-order valence-electron chi connectivity index (χ4n) is 1.23. The number of anilines is 1. The number of aryl methyl sites for hydroxylation is 2. The molecule has 0 radical (unpaired) electrons. The van der Waals surface area contributed by atoms with E-state index >= 15 is 0 Å². The van der Waals surface area contributed by atoms with E-state index in [0.717, 1.165) is 11.3 Å². The van der Waals surface area contributed by atoms with Crippen LogP contribution in [0.5, 0.6) is 0 Å². The first kappa shape index (κ1) is 10.2. The number of nitrogens with two attached hydrogens (primary N) is 1. The summed E-state index contributed by atoms with van der Waals surface area (Å²) in [6.45, 7) is 3.89. The normalized spacial score (nSPS) is 10.6. The predicted octanol–water partition coefficient (Wildman–Crippen LogP) is 2.70. The third-order valence-electron chi connectivity index (χ3n) is 2.15. The van der Waals surface area contributed by atoms with Crippen LogP contribution in [0.15, 0.2) is 21.3 Å². The van der Waals surface area contributed by atoms with Crippen molar-refractivity contribution in [2.75, 3.05) is 5.73 Å². The largest absolute Gasteiger partial charge is 0.459 e. The average molecular weight is 268 g/mol. The third kappa shape index (κ3) is 1.87. The molecule has 0 aliphatic carbocycles. The van der Waals surface area contributed by atoms with Gasteiger partial charge in [-0.05, 0) is 41.4 Å². The number of nitrogen functional groups attached to an aromatic ring is 1. The quantitative estimate of drug-likeness (QED) is 0.863. The van der Waals surface area contributed by atoms with Gasteiger partial charge >= 0.3 is 0 Å². The molecule has 0 saturated carbocycles. The highest BCUT2D eigenvalue weighted by Crippen LogP contribution is 2.28. The number of hydrogen-bond donors (Lipinski definition) is 1. The van der Waals surface area contributed by atoms with Gasteiger partial charge in [0.15, 0.2) is 5.76 Å². The van der Waals surface area contributed by atoms with Crippen LogP contribution in [0.25, 0.3) is 11.5 Å². The first-order valence-corrected chi connectivity index (χ1v) is 5.22. The second-order valence-electron chi connectivity index (χ2n) is 3.28. The van der Waals surface area contributed by atoms with Crippen LogP contribution < -0.4 is 5.73 Å². The molecule has 0 atom stereocenters. The molecule has 0 aliphatic heterocycles. The zero-order valence-corrected chi connectivity index (χ0v) is 10.00. The summed E-state index contributed by atoms with van der Waals surface area (Å²) in [5, 5.41) is 0. The van der Waals surface area contributed by atoms with Gasteiger partial charge in [0.05, 0.1) is 6.20 Å². The molecule has 4 nitrogen and oxygen atoms in total. The second kappa shape index (κ2) is 3.66. The molecule has 2 heterocycles. The topological polar surface area (TPSA) is 64.9 Å². The Balaban J connectivity index is 2.58. The highest BCUT2D eigenvalue weighted by Gasteiger charge is 2.12. The highest BCUT2D eigenvalue weighted by atomic mass is 79.9. The minimum absolute atomic E-state index is 0.375. The van der Waals surface area contributed by atoms with Crippen molar-refractivity contribution >= 4 is 21.7 Å². The highest BCUT2D eigenvalue weighted by molar-refractivity contribution is 9.10. The molecule has 2 N–H and O–H groups in total. The molecule has 0 aromatic carbocycles. The number of aromatic nitrogens is 2. The standard InChI is InChI=1S/C10H10BrN3O/c1-5-3-7(15-6(5)2)9-10(11)13-4-8(12)14-9/h3-4H,1-2H3,(H2,12,14). The van der Waals surface area contributed by atoms with Crippen molar-refractivity contribution < 1.29 is 4.42 Å². The van der Waals surface area contributed by atoms with Gasteiger partial charge < -0.3 is 10.2 Å². The van der Waals surface area contributed by atoms with Gasteiger partial charge in [0.1, 0.15) is 21.9 Å². The number of hydrogen-bond acceptors (Lipinski definition) is 4. The van der Waals surface area contributed by atoms with E-state index in [1.807, 2.05) is 19.9 Å². The Hall–Kier alpha value is -1.36. The summed E-state index contributed by atoms with van der Waals surface area (Å²) in [6, 6.07) is 1.92. The molecule has 2 aromatic rings. The van der Waals surface area contributed by atoms with E-state index in [2.05, 4.69) is 25.9 Å². The molecule has 0 spiro atoms. The number of furan rings is 1. The summed E-state index contributed by atoms with van der Waals surface area (Å²) in [5.41, 5.74) is 7.29. The Labute approximate surface area is 95.7 Å². The molecular formula is C10H10BrN3O. The smallest absolute Gasteiger partial charge is 0.155 e. The summed E-state index contributed by atoms with van der Waals surface area (Å²) in [7, 11) is 0. The van der Waals surface area contributed by atoms with E-state index in [1.165, 1.54) is 6.20 Å². The average Bonchev–Trinajstić information content (AvgIpc) is 2.51. The van der Waals surface area contributed by atoms with Gasteiger partial charge in [0.25, 0.3) is 0 Å². The molecule has 0 amide bonds. The summed E-state index contributed by atoms with van der Waals surface area (Å²) in [5.74, 6) is 1.93. The summed E-state index contributed by atoms with van der Waals surface area (Å²) in [4.78, 5) is 8.24. The van der Waals surface area contributed by atoms with Gasteiger partial charge in [-0.1, -0.05) is 0 Å². The van der Waals surface area contributed by atoms with E-state index in [4.69, 9.17) is 10.2 Å². The molecule has 2 aromatic heterocycles. The van der Waals surface area contributed by atoms with Crippen LogP contribution in [0.3, 0.4) is 0 Å². The predicted molar refractivity (Wildman–Crippen MR) is 61.3 cm³/mol. The van der Waals surface area contributed by atoms with Crippen LogP contribution in [0, 0.1) is 13.8 Å². The van der Waals surface area contributed by atoms with Gasteiger partial charge in [-0.25, -0.2) is 9.97 Å². The van der Waals surface area contributed by atoms with Gasteiger partial charge in [-0.3, -0.25) is 0 Å². The molecule has 0 saturated heterocycles. The molecule has 0 unspecified atom stereocenters. The third-order valence-corrected chi connectivity index (χ3v) is 2.73. The maximum Gasteiger partial charge on any atom is 0.155 e. The minimum Gasteiger partial charge on any atom is -0.459 e. The van der Waals surface area contributed by atoms with Crippen LogP contribution in [0.4, 0.5) is 5.82 Å². The summed E-state index contributed by atoms with van der Waals surface area (Å²) >= 11 is 3.31. The SMILES string of the molecule is Cc1cc(-c2nc(N)cnc2Br)oc1C. The van der Waals surface area contributed by atoms with Gasteiger partial charge in [0.2, 0.25) is 0 Å². The number of rotatable bonds is 1. The lowest BCUT2D eigenvalue weighted by atomic mass is 10.2. The molecule has 0 aliphatic rings. The maximum absolute atomic E-state index is 5.57. The van der Waals surface area contributed by atoms with Crippen molar-refractivity contribution in [2.45, 2.75) is 13.8 Å². The minimum atomic E-state index is 0.375. The van der Waals surface area contributed by atoms with Crippen LogP contribution in [0.2, 0.25) is 0 Å². The summed E-state index contributed by atoms with van der Waals surface area (Å²) in [6.07, 6.45) is 1.50. The molecule has 5 heteroatoms. The molecule has 2 rings (SSSR count). The van der Waals surface area contributed by atoms with E-state index in [-0.39, 0.29) is 0 Å². The van der Waals surface area contributed by atoms with Crippen LogP contribution in [0.1, 0.15) is 11.3 Å². The van der Waals surface area contributed by atoms with Gasteiger partial charge in [-0.2, -0.15) is 0 Å². The fourth-order valence-corrected chi connectivity index (χ4v) is 1.62. The van der Waals surface area contributed by atoms with Crippen molar-refractivity contribution in [3.8, 4) is 11.5 Å². The first-order valence-electron chi connectivity index (χ1n) is 4.43. The zero-order chi connectivity index (χ0) is 11.0. The number of halogens is 1. The maximum atomic E-state index is 5.57. The summed E-state index contributed by atoms with van der Waals surface area (Å²) < 4.78 is 6.18. The Morgan fingerprint density at radius 3 is 2.73 bits per heavy atom. The Kier molecular flexibility index (Phi) is 2.48. The van der Waals surface area contributed by atoms with Crippen LogP contribution in [-0.2, 0) is 0 Å². The monoisotopic (exact) mass is 267 g/mol. The molecular weight excluding hydrogens is 258 g/mol. The van der Waals surface area contributed by atoms with E-state index in [1.54, 1.807) is 0 Å². The lowest BCUT2D eigenvalue weighted by Gasteiger charge is -1.99. The Morgan fingerprint density at radius 1 is 1.40 bits per heavy atom. The van der Waals surface area contributed by atoms with E-state index in [0.29, 0.717) is 21.9 Å². The second-order valence-corrected chi connectivity index (χ2v) is 4.04. The Morgan fingerprint density at radius 2 is 2.13 bits per heavy atom. The lowest BCUT2D eigenvalue weighted by Crippen LogP contribution is -1.94.